The molecule has 5 nitrogen and oxygen atoms in total. The molecule has 0 bridgehead atoms. The second-order valence-corrected chi connectivity index (χ2v) is 7.10. The highest BCUT2D eigenvalue weighted by Gasteiger charge is 2.37. The maximum Gasteiger partial charge on any atom is 0.407 e. The lowest BCUT2D eigenvalue weighted by molar-refractivity contribution is 0.0423. The fourth-order valence-corrected chi connectivity index (χ4v) is 3.13. The van der Waals surface area contributed by atoms with Crippen LogP contribution in [0.3, 0.4) is 0 Å². The molecule has 0 saturated heterocycles. The first-order valence-electron chi connectivity index (χ1n) is 8.00. The monoisotopic (exact) mass is 380 g/mol. The van der Waals surface area contributed by atoms with E-state index in [2.05, 4.69) is 4.98 Å². The van der Waals surface area contributed by atoms with E-state index in [-0.39, 0.29) is 0 Å². The summed E-state index contributed by atoms with van der Waals surface area (Å²) in [5.41, 5.74) is 0.983. The number of pyridine rings is 1. The van der Waals surface area contributed by atoms with E-state index >= 15 is 0 Å². The number of rotatable bonds is 6. The summed E-state index contributed by atoms with van der Waals surface area (Å²) in [5, 5.41) is 21.6. The third-order valence-electron chi connectivity index (χ3n) is 4.28. The van der Waals surface area contributed by atoms with Gasteiger partial charge in [0.2, 0.25) is 0 Å². The molecule has 1 aromatic carbocycles. The van der Waals surface area contributed by atoms with Gasteiger partial charge in [0.05, 0.1) is 10.7 Å². The third kappa shape index (κ3) is 4.42. The lowest BCUT2D eigenvalue weighted by Gasteiger charge is -2.33. The standard InChI is InChI=1S/C18H18Cl2N2O3/c19-13-3-1-2-12(8-13)17(23)16(15-7-6-14(20)9-21-15)22(18(24)25)10-11-4-5-11/h1-3,6-9,11,16-17,23H,4-5,10H2,(H,24,25)/t16-,17+/m1/s1. The second kappa shape index (κ2) is 7.60. The van der Waals surface area contributed by atoms with E-state index in [4.69, 9.17) is 23.2 Å². The Labute approximate surface area is 155 Å². The van der Waals surface area contributed by atoms with Gasteiger partial charge in [0.15, 0.2) is 0 Å². The highest BCUT2D eigenvalue weighted by molar-refractivity contribution is 6.30. The molecule has 0 radical (unpaired) electrons. The first-order valence-corrected chi connectivity index (χ1v) is 8.76. The summed E-state index contributed by atoms with van der Waals surface area (Å²) in [4.78, 5) is 17.4. The normalized spacial score (nSPS) is 16.3. The summed E-state index contributed by atoms with van der Waals surface area (Å²) in [7, 11) is 0. The zero-order valence-corrected chi connectivity index (χ0v) is 14.9. The first-order chi connectivity index (χ1) is 12.0. The van der Waals surface area contributed by atoms with Crippen LogP contribution in [0, 0.1) is 5.92 Å². The van der Waals surface area contributed by atoms with E-state index in [0.717, 1.165) is 12.8 Å². The average Bonchev–Trinajstić information content (AvgIpc) is 3.39. The van der Waals surface area contributed by atoms with Crippen LogP contribution in [0.25, 0.3) is 0 Å². The zero-order chi connectivity index (χ0) is 18.0. The molecule has 2 aromatic rings. The number of carbonyl (C=O) groups is 1. The smallest absolute Gasteiger partial charge is 0.407 e. The molecular weight excluding hydrogens is 363 g/mol. The minimum Gasteiger partial charge on any atom is -0.465 e. The number of aliphatic hydroxyl groups excluding tert-OH is 1. The lowest BCUT2D eigenvalue weighted by Crippen LogP contribution is -2.39. The van der Waals surface area contributed by atoms with Gasteiger partial charge in [-0.2, -0.15) is 0 Å². The van der Waals surface area contributed by atoms with Gasteiger partial charge in [-0.1, -0.05) is 35.3 Å². The molecule has 132 valence electrons. The molecule has 2 atom stereocenters. The van der Waals surface area contributed by atoms with Crippen LogP contribution in [0.2, 0.25) is 10.0 Å². The van der Waals surface area contributed by atoms with Crippen LogP contribution in [0.4, 0.5) is 4.79 Å². The Balaban J connectivity index is 2.00. The van der Waals surface area contributed by atoms with Gasteiger partial charge in [0.25, 0.3) is 0 Å². The van der Waals surface area contributed by atoms with Gasteiger partial charge >= 0.3 is 6.09 Å². The Hall–Kier alpha value is -1.82. The van der Waals surface area contributed by atoms with E-state index < -0.39 is 18.2 Å². The van der Waals surface area contributed by atoms with E-state index in [0.29, 0.717) is 33.8 Å². The van der Waals surface area contributed by atoms with Gasteiger partial charge in [-0.3, -0.25) is 9.88 Å². The van der Waals surface area contributed by atoms with Crippen molar-refractivity contribution in [3.05, 3.63) is 63.9 Å². The highest BCUT2D eigenvalue weighted by Crippen LogP contribution is 2.38. The maximum atomic E-state index is 11.9. The lowest BCUT2D eigenvalue weighted by atomic mass is 9.97. The van der Waals surface area contributed by atoms with Crippen LogP contribution in [0.5, 0.6) is 0 Å². The second-order valence-electron chi connectivity index (χ2n) is 6.22. The molecule has 1 amide bonds. The van der Waals surface area contributed by atoms with E-state index in [1.165, 1.54) is 11.1 Å². The van der Waals surface area contributed by atoms with Crippen LogP contribution >= 0.6 is 23.2 Å². The Bertz CT molecular complexity index is 750. The fourth-order valence-electron chi connectivity index (χ4n) is 2.82. The molecular formula is C18H18Cl2N2O3. The largest absolute Gasteiger partial charge is 0.465 e. The molecule has 25 heavy (non-hydrogen) atoms. The van der Waals surface area contributed by atoms with Gasteiger partial charge < -0.3 is 10.2 Å². The number of halogens is 2. The molecule has 1 heterocycles. The van der Waals surface area contributed by atoms with Crippen molar-refractivity contribution < 1.29 is 15.0 Å². The molecule has 1 aromatic heterocycles. The molecule has 1 saturated carbocycles. The first kappa shape index (κ1) is 18.0. The number of carboxylic acid groups (broad SMARTS) is 1. The van der Waals surface area contributed by atoms with Crippen molar-refractivity contribution in [2.75, 3.05) is 6.54 Å². The van der Waals surface area contributed by atoms with E-state index in [1.54, 1.807) is 36.4 Å². The maximum absolute atomic E-state index is 11.9. The molecule has 2 N–H and O–H groups in total. The quantitative estimate of drug-likeness (QED) is 0.770. The van der Waals surface area contributed by atoms with E-state index in [1.807, 2.05) is 0 Å². The van der Waals surface area contributed by atoms with Crippen molar-refractivity contribution in [2.24, 2.45) is 5.92 Å². The molecule has 7 heteroatoms. The topological polar surface area (TPSA) is 73.7 Å². The Kier molecular flexibility index (Phi) is 5.47. The number of aliphatic hydroxyl groups is 1. The van der Waals surface area contributed by atoms with Crippen LogP contribution in [0.1, 0.15) is 36.2 Å². The summed E-state index contributed by atoms with van der Waals surface area (Å²) in [6.07, 6.45) is 1.26. The number of hydrogen-bond donors (Lipinski definition) is 2. The summed E-state index contributed by atoms with van der Waals surface area (Å²) in [6.45, 7) is 0.363. The Morgan fingerprint density at radius 1 is 1.24 bits per heavy atom. The van der Waals surface area contributed by atoms with Crippen molar-refractivity contribution >= 4 is 29.3 Å². The predicted octanol–water partition coefficient (Wildman–Crippen LogP) is 4.55. The number of nitrogens with zero attached hydrogens (tertiary/aromatic N) is 2. The number of hydrogen-bond acceptors (Lipinski definition) is 3. The zero-order valence-electron chi connectivity index (χ0n) is 13.3. The minimum absolute atomic E-state index is 0.331. The van der Waals surface area contributed by atoms with Crippen LogP contribution < -0.4 is 0 Å². The van der Waals surface area contributed by atoms with Crippen LogP contribution in [0.15, 0.2) is 42.6 Å². The van der Waals surface area contributed by atoms with Crippen molar-refractivity contribution in [3.8, 4) is 0 Å². The highest BCUT2D eigenvalue weighted by atomic mass is 35.5. The molecule has 1 fully saturated rings. The number of aromatic nitrogens is 1. The summed E-state index contributed by atoms with van der Waals surface area (Å²) in [5.74, 6) is 0.331. The van der Waals surface area contributed by atoms with Gasteiger partial charge in [0.1, 0.15) is 12.1 Å². The SMILES string of the molecule is O=C(O)N(CC1CC1)[C@H](c1ccc(Cl)cn1)[C@@H](O)c1cccc(Cl)c1. The molecule has 0 spiro atoms. The fraction of sp³-hybridized carbons (Fsp3) is 0.333. The third-order valence-corrected chi connectivity index (χ3v) is 4.73. The van der Waals surface area contributed by atoms with Gasteiger partial charge in [-0.25, -0.2) is 4.79 Å². The van der Waals surface area contributed by atoms with Crippen LogP contribution in [-0.4, -0.2) is 32.7 Å². The Morgan fingerprint density at radius 3 is 2.56 bits per heavy atom. The molecule has 0 unspecified atom stereocenters. The van der Waals surface area contributed by atoms with Crippen molar-refractivity contribution in [1.82, 2.24) is 9.88 Å². The summed E-state index contributed by atoms with van der Waals surface area (Å²) in [6, 6.07) is 9.21. The predicted molar refractivity (Wildman–Crippen MR) is 95.9 cm³/mol. The van der Waals surface area contributed by atoms with Crippen molar-refractivity contribution in [1.29, 1.82) is 0 Å². The summed E-state index contributed by atoms with van der Waals surface area (Å²) < 4.78 is 0. The van der Waals surface area contributed by atoms with Gasteiger partial charge in [-0.15, -0.1) is 0 Å². The summed E-state index contributed by atoms with van der Waals surface area (Å²) >= 11 is 11.9. The number of amides is 1. The molecule has 1 aliphatic carbocycles. The van der Waals surface area contributed by atoms with Crippen molar-refractivity contribution in [3.63, 3.8) is 0 Å². The molecule has 1 aliphatic rings. The van der Waals surface area contributed by atoms with E-state index in [9.17, 15) is 15.0 Å². The molecule has 3 rings (SSSR count). The number of benzene rings is 1. The van der Waals surface area contributed by atoms with Gasteiger partial charge in [0, 0.05) is 17.8 Å². The molecule has 0 aliphatic heterocycles. The average molecular weight is 381 g/mol. The van der Waals surface area contributed by atoms with Crippen LogP contribution in [-0.2, 0) is 0 Å². The Morgan fingerprint density at radius 2 is 2.00 bits per heavy atom. The van der Waals surface area contributed by atoms with Crippen molar-refractivity contribution in [2.45, 2.75) is 25.0 Å². The van der Waals surface area contributed by atoms with Gasteiger partial charge in [-0.05, 0) is 48.6 Å². The minimum atomic E-state index is -1.10.